The lowest BCUT2D eigenvalue weighted by Crippen LogP contribution is -2.39. The summed E-state index contributed by atoms with van der Waals surface area (Å²) in [5.41, 5.74) is 3.10. The first-order valence-corrected chi connectivity index (χ1v) is 6.58. The van der Waals surface area contributed by atoms with Crippen molar-refractivity contribution in [3.8, 4) is 11.5 Å². The highest BCUT2D eigenvalue weighted by atomic mass is 35.5. The van der Waals surface area contributed by atoms with Crippen molar-refractivity contribution in [3.05, 3.63) is 53.6 Å². The van der Waals surface area contributed by atoms with Crippen molar-refractivity contribution in [2.24, 2.45) is 0 Å². The molecule has 0 heterocycles. The van der Waals surface area contributed by atoms with Gasteiger partial charge in [-0.2, -0.15) is 5.48 Å². The number of amides is 2. The maximum Gasteiger partial charge on any atom is 0.354 e. The Morgan fingerprint density at radius 1 is 1.14 bits per heavy atom. The van der Waals surface area contributed by atoms with E-state index in [0.29, 0.717) is 16.5 Å². The van der Waals surface area contributed by atoms with E-state index < -0.39 is 6.03 Å². The molecule has 0 saturated carbocycles. The number of methoxy groups -OCH3 is 1. The van der Waals surface area contributed by atoms with Crippen molar-refractivity contribution in [2.75, 3.05) is 19.1 Å². The van der Waals surface area contributed by atoms with Crippen LogP contribution in [0.25, 0.3) is 0 Å². The monoisotopic (exact) mass is 306 g/mol. The zero-order chi connectivity index (χ0) is 15.2. The third-order valence-corrected chi connectivity index (χ3v) is 3.00. The number of carbonyl (C=O) groups excluding carboxylic acids is 1. The van der Waals surface area contributed by atoms with Crippen molar-refractivity contribution >= 4 is 23.3 Å². The summed E-state index contributed by atoms with van der Waals surface area (Å²) in [5.74, 6) is 0.928. The number of ether oxygens (including phenoxy) is 1. The van der Waals surface area contributed by atoms with Crippen LogP contribution in [0.1, 0.15) is 0 Å². The fourth-order valence-electron chi connectivity index (χ4n) is 1.65. The second kappa shape index (κ2) is 6.85. The van der Waals surface area contributed by atoms with Crippen LogP contribution in [0.3, 0.4) is 0 Å². The van der Waals surface area contributed by atoms with Gasteiger partial charge in [-0.1, -0.05) is 29.8 Å². The fraction of sp³-hybridized carbons (Fsp3) is 0.133. The number of anilines is 1. The van der Waals surface area contributed by atoms with E-state index in [1.165, 1.54) is 12.0 Å². The van der Waals surface area contributed by atoms with Crippen molar-refractivity contribution < 1.29 is 14.4 Å². The van der Waals surface area contributed by atoms with Gasteiger partial charge >= 0.3 is 6.03 Å². The van der Waals surface area contributed by atoms with Crippen molar-refractivity contribution in [1.82, 2.24) is 5.48 Å². The summed E-state index contributed by atoms with van der Waals surface area (Å²) >= 11 is 5.92. The number of nitrogens with one attached hydrogen (secondary N) is 1. The Kier molecular flexibility index (Phi) is 4.90. The quantitative estimate of drug-likeness (QED) is 0.880. The lowest BCUT2D eigenvalue weighted by Gasteiger charge is -2.18. The number of hydrogen-bond donors (Lipinski definition) is 1. The second-order valence-corrected chi connectivity index (χ2v) is 4.67. The number of carbonyl (C=O) groups is 1. The van der Waals surface area contributed by atoms with Gasteiger partial charge in [-0.05, 0) is 18.2 Å². The van der Waals surface area contributed by atoms with Crippen LogP contribution in [0.5, 0.6) is 11.5 Å². The minimum atomic E-state index is -0.403. The van der Waals surface area contributed by atoms with E-state index in [1.54, 1.807) is 25.2 Å². The van der Waals surface area contributed by atoms with Crippen LogP contribution in [0, 0.1) is 0 Å². The van der Waals surface area contributed by atoms with Gasteiger partial charge in [-0.3, -0.25) is 4.90 Å². The Morgan fingerprint density at radius 3 is 2.48 bits per heavy atom. The highest BCUT2D eigenvalue weighted by molar-refractivity contribution is 6.30. The van der Waals surface area contributed by atoms with Crippen LogP contribution >= 0.6 is 11.6 Å². The van der Waals surface area contributed by atoms with Crippen LogP contribution in [0.4, 0.5) is 10.5 Å². The van der Waals surface area contributed by atoms with E-state index in [-0.39, 0.29) is 0 Å². The van der Waals surface area contributed by atoms with E-state index in [9.17, 15) is 4.79 Å². The molecule has 1 N–H and O–H groups in total. The van der Waals surface area contributed by atoms with Crippen LogP contribution in [-0.4, -0.2) is 20.2 Å². The summed E-state index contributed by atoms with van der Waals surface area (Å²) in [7, 11) is 3.17. The normalized spacial score (nSPS) is 9.86. The minimum Gasteiger partial charge on any atom is -0.497 e. The molecule has 2 aromatic carbocycles. The zero-order valence-corrected chi connectivity index (χ0v) is 12.4. The lowest BCUT2D eigenvalue weighted by molar-refractivity contribution is 0.184. The molecule has 2 rings (SSSR count). The maximum absolute atomic E-state index is 12.0. The van der Waals surface area contributed by atoms with Gasteiger partial charge < -0.3 is 9.57 Å². The SMILES string of the molecule is COc1cc(Cl)cc(ONC(=O)N(C)c2ccccc2)c1. The topological polar surface area (TPSA) is 50.8 Å². The molecule has 110 valence electrons. The van der Waals surface area contributed by atoms with Gasteiger partial charge in [-0.15, -0.1) is 0 Å². The van der Waals surface area contributed by atoms with Gasteiger partial charge in [-0.25, -0.2) is 4.79 Å². The summed E-state index contributed by atoms with van der Waals surface area (Å²) in [6, 6.07) is 13.7. The Morgan fingerprint density at radius 2 is 1.81 bits per heavy atom. The number of hydrogen-bond acceptors (Lipinski definition) is 3. The minimum absolute atomic E-state index is 0.383. The lowest BCUT2D eigenvalue weighted by atomic mass is 10.3. The molecule has 2 aromatic rings. The second-order valence-electron chi connectivity index (χ2n) is 4.23. The molecule has 0 aliphatic heterocycles. The van der Waals surface area contributed by atoms with Crippen LogP contribution in [0.2, 0.25) is 5.02 Å². The van der Waals surface area contributed by atoms with E-state index in [2.05, 4.69) is 5.48 Å². The van der Waals surface area contributed by atoms with Crippen molar-refractivity contribution in [1.29, 1.82) is 0 Å². The maximum atomic E-state index is 12.0. The zero-order valence-electron chi connectivity index (χ0n) is 11.7. The molecule has 0 radical (unpaired) electrons. The average Bonchev–Trinajstić information content (AvgIpc) is 2.52. The third kappa shape index (κ3) is 4.03. The molecule has 0 aliphatic carbocycles. The summed E-state index contributed by atoms with van der Waals surface area (Å²) in [4.78, 5) is 18.6. The number of halogens is 1. The summed E-state index contributed by atoms with van der Waals surface area (Å²) < 4.78 is 5.07. The van der Waals surface area contributed by atoms with Gasteiger partial charge in [0.15, 0.2) is 5.75 Å². The van der Waals surface area contributed by atoms with Crippen LogP contribution in [0.15, 0.2) is 48.5 Å². The van der Waals surface area contributed by atoms with Gasteiger partial charge in [0.1, 0.15) is 5.75 Å². The fourth-order valence-corrected chi connectivity index (χ4v) is 1.87. The highest BCUT2D eigenvalue weighted by Gasteiger charge is 2.11. The smallest absolute Gasteiger partial charge is 0.354 e. The largest absolute Gasteiger partial charge is 0.497 e. The van der Waals surface area contributed by atoms with E-state index >= 15 is 0 Å². The number of nitrogens with zero attached hydrogens (tertiary/aromatic N) is 1. The predicted octanol–water partition coefficient (Wildman–Crippen LogP) is 3.49. The molecule has 0 aromatic heterocycles. The first kappa shape index (κ1) is 15.0. The molecule has 6 heteroatoms. The van der Waals surface area contributed by atoms with Crippen LogP contribution in [-0.2, 0) is 0 Å². The molecule has 2 amide bonds. The van der Waals surface area contributed by atoms with E-state index in [4.69, 9.17) is 21.2 Å². The molecular weight excluding hydrogens is 292 g/mol. The molecule has 0 fully saturated rings. The first-order valence-electron chi connectivity index (χ1n) is 6.20. The number of urea groups is 1. The first-order chi connectivity index (χ1) is 10.1. The van der Waals surface area contributed by atoms with Gasteiger partial charge in [0, 0.05) is 29.9 Å². The summed E-state index contributed by atoms with van der Waals surface area (Å²) in [5, 5.41) is 0.454. The number of benzene rings is 2. The molecular formula is C15H15ClN2O3. The Balaban J connectivity index is 1.99. The Labute approximate surface area is 128 Å². The molecule has 0 atom stereocenters. The Hall–Kier alpha value is -2.40. The molecule has 0 aliphatic rings. The van der Waals surface area contributed by atoms with Crippen molar-refractivity contribution in [3.63, 3.8) is 0 Å². The molecule has 0 saturated heterocycles. The van der Waals surface area contributed by atoms with Gasteiger partial charge in [0.05, 0.1) is 7.11 Å². The van der Waals surface area contributed by atoms with E-state index in [0.717, 1.165) is 5.69 Å². The van der Waals surface area contributed by atoms with Crippen LogP contribution < -0.4 is 20.0 Å². The van der Waals surface area contributed by atoms with Gasteiger partial charge in [0.25, 0.3) is 0 Å². The number of rotatable bonds is 4. The molecule has 5 nitrogen and oxygen atoms in total. The standard InChI is InChI=1S/C15H15ClN2O3/c1-18(12-6-4-3-5-7-12)15(19)17-21-14-9-11(16)8-13(10-14)20-2/h3-10H,1-2H3,(H,17,19). The molecule has 0 spiro atoms. The predicted molar refractivity (Wildman–Crippen MR) is 82.0 cm³/mol. The highest BCUT2D eigenvalue weighted by Crippen LogP contribution is 2.25. The Bertz CT molecular complexity index is 620. The average molecular weight is 307 g/mol. The van der Waals surface area contributed by atoms with E-state index in [1.807, 2.05) is 30.3 Å². The summed E-state index contributed by atoms with van der Waals surface area (Å²) in [6.07, 6.45) is 0. The summed E-state index contributed by atoms with van der Waals surface area (Å²) in [6.45, 7) is 0. The number of para-hydroxylation sites is 1. The number of hydroxylamine groups is 1. The molecule has 0 bridgehead atoms. The molecule has 0 unspecified atom stereocenters. The van der Waals surface area contributed by atoms with Gasteiger partial charge in [0.2, 0.25) is 0 Å². The molecule has 21 heavy (non-hydrogen) atoms. The third-order valence-electron chi connectivity index (χ3n) is 2.78. The van der Waals surface area contributed by atoms with Crippen molar-refractivity contribution in [2.45, 2.75) is 0 Å².